The van der Waals surface area contributed by atoms with E-state index in [1.54, 1.807) is 18.3 Å². The molecule has 0 unspecified atom stereocenters. The summed E-state index contributed by atoms with van der Waals surface area (Å²) in [4.78, 5) is 35.5. The van der Waals surface area contributed by atoms with Crippen LogP contribution in [0.2, 0.25) is 0 Å². The Balaban J connectivity index is 1.56. The van der Waals surface area contributed by atoms with Gasteiger partial charge in [0.05, 0.1) is 45.3 Å². The molecule has 5 N–H and O–H groups in total. The smallest absolute Gasteiger partial charge is 0.322 e. The van der Waals surface area contributed by atoms with E-state index < -0.39 is 5.91 Å². The van der Waals surface area contributed by atoms with Gasteiger partial charge in [0, 0.05) is 12.2 Å². The van der Waals surface area contributed by atoms with Crippen molar-refractivity contribution < 1.29 is 14.0 Å². The second-order valence-corrected chi connectivity index (χ2v) is 8.95. The number of carbonyl (C=O) groups excluding carboxylic acids is 2. The molecule has 0 aliphatic carbocycles. The second-order valence-electron chi connectivity index (χ2n) is 7.71. The maximum atomic E-state index is 13.7. The van der Waals surface area contributed by atoms with E-state index in [9.17, 15) is 14.0 Å². The number of nitrogens with zero attached hydrogens (tertiary/aromatic N) is 3. The lowest BCUT2D eigenvalue weighted by Crippen LogP contribution is -2.45. The van der Waals surface area contributed by atoms with E-state index in [0.717, 1.165) is 15.2 Å². The molecule has 170 valence electrons. The van der Waals surface area contributed by atoms with Crippen LogP contribution in [0.15, 0.2) is 47.0 Å². The number of primary amides is 1. The Morgan fingerprint density at radius 2 is 1.94 bits per heavy atom. The maximum Gasteiger partial charge on any atom is 0.322 e. The third-order valence-corrected chi connectivity index (χ3v) is 6.27. The highest BCUT2D eigenvalue weighted by atomic mass is 32.1. The predicted molar refractivity (Wildman–Crippen MR) is 129 cm³/mol. The third kappa shape index (κ3) is 4.70. The van der Waals surface area contributed by atoms with E-state index in [2.05, 4.69) is 15.3 Å². The Morgan fingerprint density at radius 3 is 2.67 bits per heavy atom. The molecule has 0 saturated carbocycles. The number of benzene rings is 2. The van der Waals surface area contributed by atoms with Crippen molar-refractivity contribution in [3.63, 3.8) is 0 Å². The monoisotopic (exact) mass is 466 g/mol. The molecule has 8 nitrogen and oxygen atoms in total. The van der Waals surface area contributed by atoms with Gasteiger partial charge in [-0.05, 0) is 61.4 Å². The number of carbonyl (C=O) groups is 2. The van der Waals surface area contributed by atoms with Gasteiger partial charge in [0.25, 0.3) is 5.91 Å². The predicted octanol–water partition coefficient (Wildman–Crippen LogP) is 3.20. The lowest BCUT2D eigenvalue weighted by atomic mass is 9.99. The summed E-state index contributed by atoms with van der Waals surface area (Å²) in [5, 5.41) is 3.82. The first-order valence-electron chi connectivity index (χ1n) is 10.3. The van der Waals surface area contributed by atoms with Crippen molar-refractivity contribution in [2.75, 3.05) is 25.0 Å². The largest absolute Gasteiger partial charge is 0.398 e. The normalized spacial score (nSPS) is 14.6. The van der Waals surface area contributed by atoms with Gasteiger partial charge in [-0.2, -0.15) is 0 Å². The molecule has 0 saturated heterocycles. The van der Waals surface area contributed by atoms with Crippen LogP contribution in [0, 0.1) is 19.7 Å². The van der Waals surface area contributed by atoms with Crippen LogP contribution in [-0.4, -0.2) is 47.2 Å². The average Bonchev–Trinajstić information content (AvgIpc) is 3.15. The number of hydrogen-bond acceptors (Lipinski definition) is 6. The molecule has 0 radical (unpaired) electrons. The van der Waals surface area contributed by atoms with Gasteiger partial charge >= 0.3 is 6.03 Å². The van der Waals surface area contributed by atoms with Gasteiger partial charge in [-0.15, -0.1) is 11.3 Å². The van der Waals surface area contributed by atoms with Crippen LogP contribution in [0.3, 0.4) is 0 Å². The zero-order chi connectivity index (χ0) is 23.7. The van der Waals surface area contributed by atoms with Crippen LogP contribution in [-0.2, 0) is 4.79 Å². The Morgan fingerprint density at radius 1 is 1.15 bits per heavy atom. The van der Waals surface area contributed by atoms with Gasteiger partial charge in [-0.3, -0.25) is 9.79 Å². The summed E-state index contributed by atoms with van der Waals surface area (Å²) in [6.45, 7) is 4.25. The van der Waals surface area contributed by atoms with Crippen LogP contribution in [0.25, 0.3) is 15.9 Å². The van der Waals surface area contributed by atoms with E-state index in [1.807, 2.05) is 25.1 Å². The molecule has 3 aromatic rings. The number of aromatic nitrogens is 1. The lowest BCUT2D eigenvalue weighted by Gasteiger charge is -2.27. The number of halogens is 1. The fourth-order valence-corrected chi connectivity index (χ4v) is 4.46. The van der Waals surface area contributed by atoms with Crippen LogP contribution in [0.4, 0.5) is 14.9 Å². The quantitative estimate of drug-likeness (QED) is 0.510. The van der Waals surface area contributed by atoms with E-state index in [0.29, 0.717) is 35.6 Å². The van der Waals surface area contributed by atoms with Crippen molar-refractivity contribution in [2.24, 2.45) is 16.5 Å². The number of hydrogen-bond donors (Lipinski definition) is 3. The molecule has 1 aliphatic rings. The summed E-state index contributed by atoms with van der Waals surface area (Å²) in [6, 6.07) is 9.51. The highest BCUT2D eigenvalue weighted by Gasteiger charge is 2.26. The van der Waals surface area contributed by atoms with Crippen molar-refractivity contribution in [1.82, 2.24) is 9.88 Å². The standard InChI is InChI=1S/C23H23FN6O2S/c1-12-9-14(3-5-16(12)24)21(25)20(22(26)31)18-11-30(8-7-27-18)23(32)29-15-4-6-19-17(10-15)28-13(2)33-19/h3-6,9-10H,7-8,11,25H2,1-2H3,(H2,26,31)(H,29,32). The molecule has 2 aromatic carbocycles. The Kier molecular flexibility index (Phi) is 6.10. The lowest BCUT2D eigenvalue weighted by molar-refractivity contribution is -0.114. The number of rotatable bonds is 4. The summed E-state index contributed by atoms with van der Waals surface area (Å²) in [7, 11) is 0. The molecule has 0 spiro atoms. The second kappa shape index (κ2) is 8.99. The minimum atomic E-state index is -0.764. The first-order chi connectivity index (χ1) is 15.7. The van der Waals surface area contributed by atoms with Crippen LogP contribution in [0.1, 0.15) is 16.1 Å². The first kappa shape index (κ1) is 22.4. The van der Waals surface area contributed by atoms with Gasteiger partial charge in [-0.25, -0.2) is 14.2 Å². The Labute approximate surface area is 193 Å². The van der Waals surface area contributed by atoms with Crippen molar-refractivity contribution in [2.45, 2.75) is 13.8 Å². The molecule has 2 heterocycles. The minimum Gasteiger partial charge on any atom is -0.398 e. The molecule has 0 fully saturated rings. The van der Waals surface area contributed by atoms with Crippen LogP contribution >= 0.6 is 11.3 Å². The average molecular weight is 467 g/mol. The molecule has 3 amide bonds. The van der Waals surface area contributed by atoms with Gasteiger partial charge < -0.3 is 21.7 Å². The third-order valence-electron chi connectivity index (χ3n) is 5.32. The highest BCUT2D eigenvalue weighted by molar-refractivity contribution is 7.18. The number of urea groups is 1. The molecular formula is C23H23FN6O2S. The Bertz CT molecular complexity index is 1330. The summed E-state index contributed by atoms with van der Waals surface area (Å²) >= 11 is 1.58. The minimum absolute atomic E-state index is 0.0258. The number of nitrogens with two attached hydrogens (primary N) is 2. The summed E-state index contributed by atoms with van der Waals surface area (Å²) in [5.41, 5.74) is 14.6. The molecule has 10 heteroatoms. The van der Waals surface area contributed by atoms with Gasteiger partial charge in [-0.1, -0.05) is 0 Å². The topological polar surface area (TPSA) is 127 Å². The number of nitrogens with one attached hydrogen (secondary N) is 1. The number of amides is 3. The number of aryl methyl sites for hydroxylation is 2. The van der Waals surface area contributed by atoms with Gasteiger partial charge in [0.1, 0.15) is 5.82 Å². The van der Waals surface area contributed by atoms with Crippen molar-refractivity contribution in [3.8, 4) is 0 Å². The van der Waals surface area contributed by atoms with Crippen molar-refractivity contribution in [3.05, 3.63) is 63.9 Å². The molecule has 33 heavy (non-hydrogen) atoms. The fourth-order valence-electron chi connectivity index (χ4n) is 3.66. The fraction of sp³-hybridized carbons (Fsp3) is 0.217. The number of thiazole rings is 1. The van der Waals surface area contributed by atoms with Crippen molar-refractivity contribution in [1.29, 1.82) is 0 Å². The summed E-state index contributed by atoms with van der Waals surface area (Å²) in [5.74, 6) is -1.14. The number of aliphatic imine (C=N–C) groups is 1. The number of fused-ring (bicyclic) bond motifs is 1. The van der Waals surface area contributed by atoms with E-state index in [-0.39, 0.29) is 29.7 Å². The highest BCUT2D eigenvalue weighted by Crippen LogP contribution is 2.25. The summed E-state index contributed by atoms with van der Waals surface area (Å²) < 4.78 is 14.7. The van der Waals surface area contributed by atoms with E-state index in [1.165, 1.54) is 23.1 Å². The van der Waals surface area contributed by atoms with Crippen molar-refractivity contribution >= 4 is 50.6 Å². The zero-order valence-corrected chi connectivity index (χ0v) is 19.0. The molecular weight excluding hydrogens is 443 g/mol. The SMILES string of the molecule is Cc1nc2cc(NC(=O)N3CCN=C(C(C(N)=O)=C(N)c4ccc(F)c(C)c4)C3)ccc2s1. The molecule has 4 rings (SSSR count). The van der Waals surface area contributed by atoms with Crippen LogP contribution in [0.5, 0.6) is 0 Å². The molecule has 0 bridgehead atoms. The van der Waals surface area contributed by atoms with Gasteiger partial charge in [0.15, 0.2) is 0 Å². The van der Waals surface area contributed by atoms with E-state index in [4.69, 9.17) is 11.5 Å². The first-order valence-corrected chi connectivity index (χ1v) is 11.1. The van der Waals surface area contributed by atoms with E-state index >= 15 is 0 Å². The molecule has 1 aromatic heterocycles. The molecule has 0 atom stereocenters. The van der Waals surface area contributed by atoms with Gasteiger partial charge in [0.2, 0.25) is 0 Å². The van der Waals surface area contributed by atoms with Crippen LogP contribution < -0.4 is 16.8 Å². The zero-order valence-electron chi connectivity index (χ0n) is 18.2. The Hall–Kier alpha value is -3.79. The maximum absolute atomic E-state index is 13.7. The molecule has 1 aliphatic heterocycles. The number of anilines is 1. The summed E-state index contributed by atoms with van der Waals surface area (Å²) in [6.07, 6.45) is 0.